The number of anilines is 1. The quantitative estimate of drug-likeness (QED) is 0.467. The van der Waals surface area contributed by atoms with Crippen molar-refractivity contribution in [3.63, 3.8) is 0 Å². The number of aliphatic carboxylic acids is 1. The zero-order valence-corrected chi connectivity index (χ0v) is 19.9. The Morgan fingerprint density at radius 1 is 1.20 bits per heavy atom. The summed E-state index contributed by atoms with van der Waals surface area (Å²) >= 11 is 0. The summed E-state index contributed by atoms with van der Waals surface area (Å²) in [6.07, 6.45) is -0.719. The van der Waals surface area contributed by atoms with Gasteiger partial charge in [-0.2, -0.15) is 13.2 Å². The Morgan fingerprint density at radius 2 is 1.89 bits per heavy atom. The minimum absolute atomic E-state index is 0.223. The fraction of sp³-hybridized carbons (Fsp3) is 0.480. The average molecular weight is 494 g/mol. The lowest BCUT2D eigenvalue weighted by molar-refractivity contribution is -0.143. The molecule has 7 nitrogen and oxygen atoms in total. The molecule has 0 saturated heterocycles. The number of methoxy groups -OCH3 is 1. The second-order valence-corrected chi connectivity index (χ2v) is 8.97. The van der Waals surface area contributed by atoms with Crippen LogP contribution in [0.4, 0.5) is 18.9 Å². The van der Waals surface area contributed by atoms with Crippen LogP contribution in [0.15, 0.2) is 30.5 Å². The Labute approximate surface area is 202 Å². The van der Waals surface area contributed by atoms with E-state index in [1.807, 2.05) is 6.92 Å². The molecule has 10 heteroatoms. The first kappa shape index (κ1) is 26.3. The van der Waals surface area contributed by atoms with Crippen molar-refractivity contribution in [2.45, 2.75) is 51.7 Å². The summed E-state index contributed by atoms with van der Waals surface area (Å²) in [6, 6.07) is 5.54. The molecular weight excluding hydrogens is 463 g/mol. The fourth-order valence-electron chi connectivity index (χ4n) is 4.35. The van der Waals surface area contributed by atoms with Crippen molar-refractivity contribution in [3.8, 4) is 5.75 Å². The standard InChI is InChI=1S/C25H30F3N3O4/c1-14-10-18(23(32)30-12-16-4-6-17(7-5-16)24(33)34)8-9-20(14)31-15(2)19-11-22(25(26,27)28)29-13-21(19)35-3/h8-11,13,15-17,31H,4-7,12H2,1-3H3,(H,30,32)(H,33,34)/t15?,16-,17-. The Kier molecular flexibility index (Phi) is 8.24. The highest BCUT2D eigenvalue weighted by Crippen LogP contribution is 2.34. The number of hydrogen-bond donors (Lipinski definition) is 3. The molecule has 1 atom stereocenters. The number of carboxylic acid groups (broad SMARTS) is 1. The number of benzene rings is 1. The average Bonchev–Trinajstić information content (AvgIpc) is 2.82. The van der Waals surface area contributed by atoms with Crippen molar-refractivity contribution in [2.75, 3.05) is 19.0 Å². The van der Waals surface area contributed by atoms with Crippen LogP contribution in [-0.2, 0) is 11.0 Å². The molecule has 3 N–H and O–H groups in total. The molecule has 0 aliphatic heterocycles. The first-order chi connectivity index (χ1) is 16.5. The Morgan fingerprint density at radius 3 is 2.46 bits per heavy atom. The summed E-state index contributed by atoms with van der Waals surface area (Å²) < 4.78 is 44.6. The number of carbonyl (C=O) groups excluding carboxylic acids is 1. The van der Waals surface area contributed by atoms with E-state index in [1.54, 1.807) is 25.1 Å². The molecular formula is C25H30F3N3O4. The second kappa shape index (κ2) is 11.0. The fourth-order valence-corrected chi connectivity index (χ4v) is 4.35. The number of amides is 1. The monoisotopic (exact) mass is 493 g/mol. The number of alkyl halides is 3. The van der Waals surface area contributed by atoms with Gasteiger partial charge in [-0.05, 0) is 75.3 Å². The van der Waals surface area contributed by atoms with Gasteiger partial charge in [-0.3, -0.25) is 9.59 Å². The molecule has 1 unspecified atom stereocenters. The molecule has 1 saturated carbocycles. The maximum absolute atomic E-state index is 13.1. The first-order valence-corrected chi connectivity index (χ1v) is 11.5. The molecule has 1 aliphatic rings. The minimum atomic E-state index is -4.57. The van der Waals surface area contributed by atoms with E-state index < -0.39 is 23.9 Å². The van der Waals surface area contributed by atoms with E-state index in [2.05, 4.69) is 15.6 Å². The smallest absolute Gasteiger partial charge is 0.433 e. The molecule has 1 aromatic heterocycles. The summed E-state index contributed by atoms with van der Waals surface area (Å²) in [4.78, 5) is 27.1. The van der Waals surface area contributed by atoms with E-state index in [0.717, 1.165) is 30.7 Å². The van der Waals surface area contributed by atoms with Crippen LogP contribution in [0.2, 0.25) is 0 Å². The molecule has 3 rings (SSSR count). The number of rotatable bonds is 8. The summed E-state index contributed by atoms with van der Waals surface area (Å²) in [5.74, 6) is -0.773. The van der Waals surface area contributed by atoms with Gasteiger partial charge in [0.2, 0.25) is 0 Å². The number of aryl methyl sites for hydroxylation is 1. The molecule has 0 spiro atoms. The van der Waals surface area contributed by atoms with Crippen LogP contribution < -0.4 is 15.4 Å². The molecule has 1 fully saturated rings. The normalized spacial score (nSPS) is 19.0. The van der Waals surface area contributed by atoms with Crippen molar-refractivity contribution < 1.29 is 32.6 Å². The van der Waals surface area contributed by atoms with Gasteiger partial charge in [0, 0.05) is 23.4 Å². The number of nitrogens with one attached hydrogen (secondary N) is 2. The predicted octanol–water partition coefficient (Wildman–Crippen LogP) is 5.21. The first-order valence-electron chi connectivity index (χ1n) is 11.5. The zero-order chi connectivity index (χ0) is 25.8. The van der Waals surface area contributed by atoms with Gasteiger partial charge < -0.3 is 20.5 Å². The largest absolute Gasteiger partial charge is 0.495 e. The van der Waals surface area contributed by atoms with E-state index in [-0.39, 0.29) is 23.5 Å². The lowest BCUT2D eigenvalue weighted by Gasteiger charge is -2.26. The third kappa shape index (κ3) is 6.64. The maximum atomic E-state index is 13.1. The van der Waals surface area contributed by atoms with E-state index in [9.17, 15) is 22.8 Å². The molecule has 2 aromatic rings. The second-order valence-electron chi connectivity index (χ2n) is 8.97. The van der Waals surface area contributed by atoms with Crippen LogP contribution in [0.3, 0.4) is 0 Å². The molecule has 0 radical (unpaired) electrons. The SMILES string of the molecule is COc1cnc(C(F)(F)F)cc1C(C)Nc1ccc(C(=O)NC[C@H]2CC[C@H](C(=O)O)CC2)cc1C. The summed E-state index contributed by atoms with van der Waals surface area (Å²) in [5, 5.41) is 15.2. The molecule has 1 aliphatic carbocycles. The lowest BCUT2D eigenvalue weighted by Crippen LogP contribution is -2.32. The van der Waals surface area contributed by atoms with Crippen LogP contribution in [0, 0.1) is 18.8 Å². The highest BCUT2D eigenvalue weighted by Gasteiger charge is 2.34. The maximum Gasteiger partial charge on any atom is 0.433 e. The Balaban J connectivity index is 1.63. The number of carboxylic acids is 1. The van der Waals surface area contributed by atoms with E-state index >= 15 is 0 Å². The molecule has 1 amide bonds. The highest BCUT2D eigenvalue weighted by atomic mass is 19.4. The van der Waals surface area contributed by atoms with Crippen LogP contribution in [0.25, 0.3) is 0 Å². The number of ether oxygens (including phenoxy) is 1. The highest BCUT2D eigenvalue weighted by molar-refractivity contribution is 5.94. The van der Waals surface area contributed by atoms with Gasteiger partial charge in [0.05, 0.1) is 25.3 Å². The van der Waals surface area contributed by atoms with Crippen molar-refractivity contribution in [1.29, 1.82) is 0 Å². The van der Waals surface area contributed by atoms with Gasteiger partial charge in [0.15, 0.2) is 0 Å². The lowest BCUT2D eigenvalue weighted by atomic mass is 9.82. The van der Waals surface area contributed by atoms with Gasteiger partial charge >= 0.3 is 12.1 Å². The number of pyridine rings is 1. The van der Waals surface area contributed by atoms with Gasteiger partial charge in [0.1, 0.15) is 11.4 Å². The van der Waals surface area contributed by atoms with E-state index in [4.69, 9.17) is 9.84 Å². The molecule has 1 heterocycles. The van der Waals surface area contributed by atoms with E-state index in [1.165, 1.54) is 7.11 Å². The van der Waals surface area contributed by atoms with Crippen LogP contribution in [0.1, 0.15) is 65.8 Å². The van der Waals surface area contributed by atoms with Gasteiger partial charge in [-0.1, -0.05) is 0 Å². The molecule has 1 aromatic carbocycles. The minimum Gasteiger partial charge on any atom is -0.495 e. The predicted molar refractivity (Wildman–Crippen MR) is 124 cm³/mol. The summed E-state index contributed by atoms with van der Waals surface area (Å²) in [7, 11) is 1.37. The van der Waals surface area contributed by atoms with E-state index in [0.29, 0.717) is 36.2 Å². The number of halogens is 3. The van der Waals surface area contributed by atoms with Crippen molar-refractivity contribution in [2.24, 2.45) is 11.8 Å². The third-order valence-corrected chi connectivity index (χ3v) is 6.48. The summed E-state index contributed by atoms with van der Waals surface area (Å²) in [6.45, 7) is 4.02. The number of carbonyl (C=O) groups is 2. The van der Waals surface area contributed by atoms with Crippen LogP contribution in [-0.4, -0.2) is 35.6 Å². The third-order valence-electron chi connectivity index (χ3n) is 6.48. The molecule has 190 valence electrons. The van der Waals surface area contributed by atoms with Crippen molar-refractivity contribution in [3.05, 3.63) is 52.8 Å². The topological polar surface area (TPSA) is 101 Å². The van der Waals surface area contributed by atoms with Gasteiger partial charge in [0.25, 0.3) is 5.91 Å². The Bertz CT molecular complexity index is 1070. The van der Waals surface area contributed by atoms with Crippen molar-refractivity contribution in [1.82, 2.24) is 10.3 Å². The number of nitrogens with zero attached hydrogens (tertiary/aromatic N) is 1. The number of hydrogen-bond acceptors (Lipinski definition) is 5. The molecule has 0 bridgehead atoms. The zero-order valence-electron chi connectivity index (χ0n) is 19.9. The van der Waals surface area contributed by atoms with Crippen LogP contribution in [0.5, 0.6) is 5.75 Å². The van der Waals surface area contributed by atoms with Crippen molar-refractivity contribution >= 4 is 17.6 Å². The molecule has 35 heavy (non-hydrogen) atoms. The number of aromatic nitrogens is 1. The Hall–Kier alpha value is -3.30. The van der Waals surface area contributed by atoms with Gasteiger partial charge in [-0.15, -0.1) is 0 Å². The van der Waals surface area contributed by atoms with Gasteiger partial charge in [-0.25, -0.2) is 4.98 Å². The van der Waals surface area contributed by atoms with Crippen LogP contribution >= 0.6 is 0 Å². The summed E-state index contributed by atoms with van der Waals surface area (Å²) in [5.41, 5.74) is 1.22.